The maximum absolute atomic E-state index is 11.7. The fraction of sp³-hybridized carbons (Fsp3) is 0.900. The van der Waals surface area contributed by atoms with E-state index in [1.54, 1.807) is 4.90 Å². The third-order valence-corrected chi connectivity index (χ3v) is 2.24. The van der Waals surface area contributed by atoms with Crippen LogP contribution in [0.25, 0.3) is 0 Å². The van der Waals surface area contributed by atoms with E-state index < -0.39 is 5.60 Å². The highest BCUT2D eigenvalue weighted by molar-refractivity contribution is 5.68. The van der Waals surface area contributed by atoms with E-state index in [9.17, 15) is 4.79 Å². The Kier molecular flexibility index (Phi) is 3.37. The first-order valence-corrected chi connectivity index (χ1v) is 5.08. The Morgan fingerprint density at radius 3 is 2.71 bits per heavy atom. The van der Waals surface area contributed by atoms with E-state index in [0.717, 1.165) is 19.4 Å². The highest BCUT2D eigenvalue weighted by atomic mass is 16.6. The van der Waals surface area contributed by atoms with Crippen LogP contribution in [0.3, 0.4) is 0 Å². The zero-order valence-corrected chi connectivity index (χ0v) is 9.17. The molecule has 0 aromatic heterocycles. The molecule has 1 amide bonds. The van der Waals surface area contributed by atoms with Crippen molar-refractivity contribution in [2.45, 2.75) is 45.3 Å². The number of ether oxygens (including phenoxy) is 1. The Hall–Kier alpha value is -0.770. The Morgan fingerprint density at radius 1 is 1.57 bits per heavy atom. The Labute approximate surface area is 85.4 Å². The van der Waals surface area contributed by atoms with Gasteiger partial charge in [-0.1, -0.05) is 0 Å². The molecule has 4 nitrogen and oxygen atoms in total. The van der Waals surface area contributed by atoms with Crippen molar-refractivity contribution in [3.63, 3.8) is 0 Å². The molecule has 0 spiro atoms. The maximum Gasteiger partial charge on any atom is 0.410 e. The summed E-state index contributed by atoms with van der Waals surface area (Å²) in [6.45, 7) is 6.59. The van der Waals surface area contributed by atoms with Gasteiger partial charge in [0.2, 0.25) is 0 Å². The molecule has 1 atom stereocenters. The van der Waals surface area contributed by atoms with Crippen LogP contribution in [-0.2, 0) is 4.74 Å². The van der Waals surface area contributed by atoms with Crippen LogP contribution < -0.4 is 5.73 Å². The second-order valence-electron chi connectivity index (χ2n) is 4.67. The van der Waals surface area contributed by atoms with Gasteiger partial charge in [-0.2, -0.15) is 0 Å². The molecule has 1 aliphatic rings. The predicted molar refractivity (Wildman–Crippen MR) is 53.9 cm³/mol. The molecule has 81 valence electrons. The predicted octanol–water partition coefficient (Wildman–Crippen LogP) is 1.67. The lowest BCUT2D eigenvalue weighted by Crippen LogP contribution is -2.41. The summed E-state index contributed by atoms with van der Waals surface area (Å²) in [6, 6.07) is 0.0600. The van der Waals surface area contributed by atoms with Crippen LogP contribution in [0.2, 0.25) is 0 Å². The third kappa shape index (κ3) is 2.87. The lowest BCUT2D eigenvalue weighted by Gasteiger charge is -2.27. The first-order valence-electron chi connectivity index (χ1n) is 5.08. The molecule has 14 heavy (non-hydrogen) atoms. The van der Waals surface area contributed by atoms with Crippen LogP contribution in [0.5, 0.6) is 0 Å². The zero-order valence-electron chi connectivity index (χ0n) is 9.17. The van der Waals surface area contributed by atoms with Gasteiger partial charge in [-0.3, -0.25) is 5.73 Å². The molecule has 1 radical (unpaired) electrons. The minimum absolute atomic E-state index is 0.0600. The SMILES string of the molecule is CC(C)(C)OC(=O)N1CCCC1C[NH]. The fourth-order valence-electron chi connectivity index (χ4n) is 1.61. The van der Waals surface area contributed by atoms with Crippen LogP contribution in [0.4, 0.5) is 4.79 Å². The fourth-order valence-corrected chi connectivity index (χ4v) is 1.61. The lowest BCUT2D eigenvalue weighted by atomic mass is 10.2. The van der Waals surface area contributed by atoms with Gasteiger partial charge in [-0.15, -0.1) is 0 Å². The summed E-state index contributed by atoms with van der Waals surface area (Å²) in [5.74, 6) is 0. The first-order chi connectivity index (χ1) is 6.44. The van der Waals surface area contributed by atoms with Crippen molar-refractivity contribution >= 4 is 6.09 Å². The monoisotopic (exact) mass is 199 g/mol. The molecule has 1 heterocycles. The van der Waals surface area contributed by atoms with Crippen molar-refractivity contribution in [1.29, 1.82) is 0 Å². The van der Waals surface area contributed by atoms with Crippen molar-refractivity contribution in [2.75, 3.05) is 13.1 Å². The van der Waals surface area contributed by atoms with Gasteiger partial charge in [0.15, 0.2) is 0 Å². The van der Waals surface area contributed by atoms with E-state index in [4.69, 9.17) is 10.5 Å². The van der Waals surface area contributed by atoms with Crippen LogP contribution >= 0.6 is 0 Å². The van der Waals surface area contributed by atoms with Gasteiger partial charge in [-0.05, 0) is 33.6 Å². The first kappa shape index (κ1) is 11.3. The molecule has 0 aliphatic carbocycles. The van der Waals surface area contributed by atoms with Crippen molar-refractivity contribution in [3.8, 4) is 0 Å². The smallest absolute Gasteiger partial charge is 0.410 e. The number of nitrogens with one attached hydrogen (secondary N) is 1. The van der Waals surface area contributed by atoms with E-state index >= 15 is 0 Å². The molecule has 1 N–H and O–H groups in total. The topological polar surface area (TPSA) is 53.3 Å². The van der Waals surface area contributed by atoms with E-state index in [1.165, 1.54) is 0 Å². The second kappa shape index (κ2) is 4.17. The number of likely N-dealkylation sites (tertiary alicyclic amines) is 1. The number of rotatable bonds is 1. The summed E-state index contributed by atoms with van der Waals surface area (Å²) in [7, 11) is 0. The Bertz CT molecular complexity index is 211. The molecule has 0 aromatic rings. The van der Waals surface area contributed by atoms with Gasteiger partial charge in [0.1, 0.15) is 5.60 Å². The summed E-state index contributed by atoms with van der Waals surface area (Å²) in [4.78, 5) is 13.3. The lowest BCUT2D eigenvalue weighted by molar-refractivity contribution is 0.0231. The average Bonchev–Trinajstić information content (AvgIpc) is 2.47. The summed E-state index contributed by atoms with van der Waals surface area (Å²) in [5.41, 5.74) is 6.87. The Morgan fingerprint density at radius 2 is 2.21 bits per heavy atom. The molecule has 0 aromatic carbocycles. The second-order valence-corrected chi connectivity index (χ2v) is 4.67. The average molecular weight is 199 g/mol. The van der Waals surface area contributed by atoms with Gasteiger partial charge in [0, 0.05) is 19.1 Å². The molecule has 1 fully saturated rings. The number of nitrogens with zero attached hydrogens (tertiary/aromatic N) is 1. The molecule has 1 aliphatic heterocycles. The van der Waals surface area contributed by atoms with E-state index in [-0.39, 0.29) is 18.7 Å². The van der Waals surface area contributed by atoms with Crippen molar-refractivity contribution < 1.29 is 9.53 Å². The van der Waals surface area contributed by atoms with Crippen LogP contribution in [0, 0.1) is 0 Å². The summed E-state index contributed by atoms with van der Waals surface area (Å²) in [5, 5.41) is 0. The summed E-state index contributed by atoms with van der Waals surface area (Å²) in [6.07, 6.45) is 1.65. The summed E-state index contributed by atoms with van der Waals surface area (Å²) < 4.78 is 5.26. The van der Waals surface area contributed by atoms with Crippen LogP contribution in [0.1, 0.15) is 33.6 Å². The molecular weight excluding hydrogens is 180 g/mol. The molecule has 0 bridgehead atoms. The highest BCUT2D eigenvalue weighted by Gasteiger charge is 2.31. The highest BCUT2D eigenvalue weighted by Crippen LogP contribution is 2.19. The van der Waals surface area contributed by atoms with Crippen LogP contribution in [-0.4, -0.2) is 35.7 Å². The molecule has 4 heteroatoms. The molecule has 1 unspecified atom stereocenters. The number of carbonyl (C=O) groups is 1. The largest absolute Gasteiger partial charge is 0.444 e. The van der Waals surface area contributed by atoms with Crippen molar-refractivity contribution in [1.82, 2.24) is 10.6 Å². The van der Waals surface area contributed by atoms with Crippen molar-refractivity contribution in [2.24, 2.45) is 0 Å². The van der Waals surface area contributed by atoms with Gasteiger partial charge in [0.25, 0.3) is 0 Å². The zero-order chi connectivity index (χ0) is 10.8. The number of carbonyl (C=O) groups excluding carboxylic acids is 1. The van der Waals surface area contributed by atoms with E-state index in [1.807, 2.05) is 20.8 Å². The van der Waals surface area contributed by atoms with Crippen molar-refractivity contribution in [3.05, 3.63) is 0 Å². The molecule has 0 saturated carbocycles. The quantitative estimate of drug-likeness (QED) is 0.645. The standard InChI is InChI=1S/C10H19N2O2/c1-10(2,3)14-9(13)12-6-4-5-8(12)7-11/h8,11H,4-7H2,1-3H3. The van der Waals surface area contributed by atoms with Gasteiger partial charge in [-0.25, -0.2) is 4.79 Å². The van der Waals surface area contributed by atoms with Gasteiger partial charge >= 0.3 is 6.09 Å². The minimum Gasteiger partial charge on any atom is -0.444 e. The number of hydrogen-bond acceptors (Lipinski definition) is 2. The molecule has 1 saturated heterocycles. The normalized spacial score (nSPS) is 22.6. The maximum atomic E-state index is 11.7. The summed E-state index contributed by atoms with van der Waals surface area (Å²) >= 11 is 0. The number of amides is 1. The minimum atomic E-state index is -0.438. The van der Waals surface area contributed by atoms with E-state index in [2.05, 4.69) is 0 Å². The molecule has 1 rings (SSSR count). The molecular formula is C10H19N2O2. The van der Waals surface area contributed by atoms with Gasteiger partial charge < -0.3 is 9.64 Å². The van der Waals surface area contributed by atoms with Crippen LogP contribution in [0.15, 0.2) is 0 Å². The third-order valence-electron chi connectivity index (χ3n) is 2.24. The number of hydrogen-bond donors (Lipinski definition) is 0. The van der Waals surface area contributed by atoms with E-state index in [0.29, 0.717) is 0 Å². The van der Waals surface area contributed by atoms with Gasteiger partial charge in [0.05, 0.1) is 0 Å². The Balaban J connectivity index is 2.52.